The van der Waals surface area contributed by atoms with Crippen LogP contribution in [0.25, 0.3) is 21.1 Å². The van der Waals surface area contributed by atoms with Gasteiger partial charge in [-0.2, -0.15) is 0 Å². The first kappa shape index (κ1) is 15.8. The van der Waals surface area contributed by atoms with Crippen molar-refractivity contribution in [1.29, 1.82) is 0 Å². The monoisotopic (exact) mass is 370 g/mol. The number of thiazole rings is 1. The largest absolute Gasteiger partial charge is 0.494 e. The number of carbonyl (C=O) groups is 1. The van der Waals surface area contributed by atoms with E-state index in [0.29, 0.717) is 22.3 Å². The second kappa shape index (κ2) is 6.30. The van der Waals surface area contributed by atoms with E-state index in [9.17, 15) is 4.79 Å². The molecule has 0 aliphatic rings. The van der Waals surface area contributed by atoms with Gasteiger partial charge in [-0.3, -0.25) is 10.1 Å². The number of nitrogens with one attached hydrogen (secondary N) is 1. The van der Waals surface area contributed by atoms with Crippen LogP contribution in [0.4, 0.5) is 10.8 Å². The van der Waals surface area contributed by atoms with E-state index in [1.807, 2.05) is 31.2 Å². The van der Waals surface area contributed by atoms with Gasteiger partial charge in [0, 0.05) is 22.3 Å². The fraction of sp³-hybridized carbons (Fsp3) is 0.118. The number of hydrogen-bond donors (Lipinski definition) is 2. The number of ether oxygens (including phenoxy) is 1. The van der Waals surface area contributed by atoms with Crippen molar-refractivity contribution in [2.75, 3.05) is 17.7 Å². The lowest BCUT2D eigenvalue weighted by atomic mass is 10.1. The lowest BCUT2D eigenvalue weighted by molar-refractivity contribution is 0.103. The van der Waals surface area contributed by atoms with Crippen LogP contribution in [0, 0.1) is 0 Å². The number of benzene rings is 1. The Morgan fingerprint density at radius 3 is 3.00 bits per heavy atom. The predicted molar refractivity (Wildman–Crippen MR) is 103 cm³/mol. The van der Waals surface area contributed by atoms with E-state index in [1.165, 1.54) is 22.7 Å². The van der Waals surface area contributed by atoms with Crippen LogP contribution in [0.3, 0.4) is 0 Å². The Morgan fingerprint density at radius 2 is 2.24 bits per heavy atom. The molecule has 0 aliphatic carbocycles. The molecule has 3 N–H and O–H groups in total. The lowest BCUT2D eigenvalue weighted by Gasteiger charge is -2.04. The van der Waals surface area contributed by atoms with Gasteiger partial charge in [-0.1, -0.05) is 0 Å². The van der Waals surface area contributed by atoms with E-state index in [0.717, 1.165) is 26.9 Å². The molecular formula is C17H14N4O2S2. The van der Waals surface area contributed by atoms with Gasteiger partial charge in [0.25, 0.3) is 5.91 Å². The van der Waals surface area contributed by atoms with E-state index in [2.05, 4.69) is 15.3 Å². The highest BCUT2D eigenvalue weighted by atomic mass is 32.1. The zero-order valence-corrected chi connectivity index (χ0v) is 14.9. The summed E-state index contributed by atoms with van der Waals surface area (Å²) >= 11 is 2.64. The van der Waals surface area contributed by atoms with Crippen molar-refractivity contribution in [2.24, 2.45) is 0 Å². The SMILES string of the molecule is CCOc1ccc2nc3sc(C(=O)Nc4nccs4)c(N)c3cc2c1. The van der Waals surface area contributed by atoms with Crippen LogP contribution in [-0.4, -0.2) is 22.5 Å². The summed E-state index contributed by atoms with van der Waals surface area (Å²) in [6.45, 7) is 2.54. The van der Waals surface area contributed by atoms with Gasteiger partial charge in [0.2, 0.25) is 0 Å². The van der Waals surface area contributed by atoms with Gasteiger partial charge in [0.1, 0.15) is 15.5 Å². The third-order valence-electron chi connectivity index (χ3n) is 3.65. The topological polar surface area (TPSA) is 90.1 Å². The number of nitrogens with two attached hydrogens (primary N) is 1. The molecule has 0 atom stereocenters. The second-order valence-electron chi connectivity index (χ2n) is 5.26. The summed E-state index contributed by atoms with van der Waals surface area (Å²) in [5.41, 5.74) is 7.49. The van der Waals surface area contributed by atoms with E-state index < -0.39 is 0 Å². The van der Waals surface area contributed by atoms with Crippen LogP contribution >= 0.6 is 22.7 Å². The molecule has 0 bridgehead atoms. The zero-order valence-electron chi connectivity index (χ0n) is 13.3. The molecule has 0 aliphatic heterocycles. The Kier molecular flexibility index (Phi) is 3.98. The maximum Gasteiger partial charge on any atom is 0.269 e. The molecule has 3 aromatic heterocycles. The number of hydrogen-bond acceptors (Lipinski definition) is 7. The molecule has 0 radical (unpaired) electrons. The van der Waals surface area contributed by atoms with Crippen molar-refractivity contribution < 1.29 is 9.53 Å². The van der Waals surface area contributed by atoms with Gasteiger partial charge in [0.15, 0.2) is 5.13 Å². The molecule has 0 fully saturated rings. The Morgan fingerprint density at radius 1 is 1.36 bits per heavy atom. The molecule has 0 spiro atoms. The summed E-state index contributed by atoms with van der Waals surface area (Å²) in [4.78, 5) is 22.3. The van der Waals surface area contributed by atoms with Gasteiger partial charge in [-0.15, -0.1) is 22.7 Å². The molecule has 3 heterocycles. The van der Waals surface area contributed by atoms with Crippen LogP contribution in [0.1, 0.15) is 16.6 Å². The Bertz CT molecular complexity index is 1070. The average Bonchev–Trinajstić information content (AvgIpc) is 3.22. The van der Waals surface area contributed by atoms with E-state index in [4.69, 9.17) is 10.5 Å². The number of fused-ring (bicyclic) bond motifs is 2. The Hall–Kier alpha value is -2.71. The minimum Gasteiger partial charge on any atom is -0.494 e. The van der Waals surface area contributed by atoms with Crippen molar-refractivity contribution in [1.82, 2.24) is 9.97 Å². The van der Waals surface area contributed by atoms with Gasteiger partial charge in [-0.25, -0.2) is 9.97 Å². The second-order valence-corrected chi connectivity index (χ2v) is 7.16. The quantitative estimate of drug-likeness (QED) is 0.563. The van der Waals surface area contributed by atoms with Crippen LogP contribution in [0.5, 0.6) is 5.75 Å². The molecular weight excluding hydrogens is 356 g/mol. The van der Waals surface area contributed by atoms with Crippen LogP contribution < -0.4 is 15.8 Å². The lowest BCUT2D eigenvalue weighted by Crippen LogP contribution is -2.11. The van der Waals surface area contributed by atoms with Crippen molar-refractivity contribution in [2.45, 2.75) is 6.92 Å². The molecule has 4 rings (SSSR count). The number of amides is 1. The summed E-state index contributed by atoms with van der Waals surface area (Å²) in [5, 5.41) is 6.80. The number of nitrogen functional groups attached to an aromatic ring is 1. The third kappa shape index (κ3) is 2.90. The minimum absolute atomic E-state index is 0.269. The molecule has 0 saturated heterocycles. The van der Waals surface area contributed by atoms with E-state index >= 15 is 0 Å². The van der Waals surface area contributed by atoms with Crippen LogP contribution in [0.2, 0.25) is 0 Å². The third-order valence-corrected chi connectivity index (χ3v) is 5.46. The van der Waals surface area contributed by atoms with Crippen molar-refractivity contribution >= 4 is 60.5 Å². The predicted octanol–water partition coefficient (Wildman–Crippen LogP) is 4.14. The molecule has 0 saturated carbocycles. The summed E-state index contributed by atoms with van der Waals surface area (Å²) in [6, 6.07) is 7.67. The van der Waals surface area contributed by atoms with Gasteiger partial charge in [-0.05, 0) is 31.2 Å². The summed E-state index contributed by atoms with van der Waals surface area (Å²) in [7, 11) is 0. The number of thiophene rings is 1. The highest BCUT2D eigenvalue weighted by Crippen LogP contribution is 2.35. The zero-order chi connectivity index (χ0) is 17.4. The maximum absolute atomic E-state index is 12.5. The smallest absolute Gasteiger partial charge is 0.269 e. The van der Waals surface area contributed by atoms with Crippen LogP contribution in [-0.2, 0) is 0 Å². The normalized spacial score (nSPS) is 11.1. The number of pyridine rings is 1. The highest BCUT2D eigenvalue weighted by molar-refractivity contribution is 7.21. The Balaban J connectivity index is 1.78. The van der Waals surface area contributed by atoms with Gasteiger partial charge in [0.05, 0.1) is 17.8 Å². The van der Waals surface area contributed by atoms with Gasteiger partial charge >= 0.3 is 0 Å². The molecule has 1 amide bonds. The fourth-order valence-electron chi connectivity index (χ4n) is 2.55. The molecule has 25 heavy (non-hydrogen) atoms. The number of aromatic nitrogens is 2. The summed E-state index contributed by atoms with van der Waals surface area (Å²) < 4.78 is 5.53. The maximum atomic E-state index is 12.5. The first-order chi connectivity index (χ1) is 12.2. The highest BCUT2D eigenvalue weighted by Gasteiger charge is 2.18. The first-order valence-electron chi connectivity index (χ1n) is 7.62. The molecule has 6 nitrogen and oxygen atoms in total. The van der Waals surface area contributed by atoms with E-state index in [-0.39, 0.29) is 5.91 Å². The van der Waals surface area contributed by atoms with Crippen molar-refractivity contribution in [3.63, 3.8) is 0 Å². The van der Waals surface area contributed by atoms with Crippen molar-refractivity contribution in [3.8, 4) is 5.75 Å². The number of nitrogens with zero attached hydrogens (tertiary/aromatic N) is 2. The standard InChI is InChI=1S/C17H14N4O2S2/c1-2-23-10-3-4-12-9(7-10)8-11-13(18)14(25-16(11)20-12)15(22)21-17-19-5-6-24-17/h3-8H,2,18H2,1H3,(H,19,21,22). The summed E-state index contributed by atoms with van der Waals surface area (Å²) in [6.07, 6.45) is 1.64. The van der Waals surface area contributed by atoms with Gasteiger partial charge < -0.3 is 10.5 Å². The van der Waals surface area contributed by atoms with E-state index in [1.54, 1.807) is 11.6 Å². The number of carbonyl (C=O) groups excluding carboxylic acids is 1. The summed E-state index contributed by atoms with van der Waals surface area (Å²) in [5.74, 6) is 0.515. The van der Waals surface area contributed by atoms with Crippen molar-refractivity contribution in [3.05, 3.63) is 40.7 Å². The molecule has 4 aromatic rings. The fourth-order valence-corrected chi connectivity index (χ4v) is 4.05. The molecule has 1 aromatic carbocycles. The Labute approximate surface area is 151 Å². The number of anilines is 2. The molecule has 8 heteroatoms. The number of rotatable bonds is 4. The molecule has 126 valence electrons. The van der Waals surface area contributed by atoms with Crippen LogP contribution in [0.15, 0.2) is 35.8 Å². The minimum atomic E-state index is -0.269. The first-order valence-corrected chi connectivity index (χ1v) is 9.31. The average molecular weight is 370 g/mol. The molecule has 0 unspecified atom stereocenters.